The van der Waals surface area contributed by atoms with Gasteiger partial charge in [0.05, 0.1) is 36.8 Å². The number of halogens is 1. The predicted molar refractivity (Wildman–Crippen MR) is 203 cm³/mol. The molecule has 7 atom stereocenters. The predicted octanol–water partition coefficient (Wildman–Crippen LogP) is 7.60. The highest BCUT2D eigenvalue weighted by molar-refractivity contribution is 7.84. The van der Waals surface area contributed by atoms with Gasteiger partial charge in [0.25, 0.3) is 5.91 Å². The highest BCUT2D eigenvalue weighted by Gasteiger charge is 2.44. The number of likely N-dealkylation sites (N-methyl/N-ethyl adjacent to an activating group) is 1. The van der Waals surface area contributed by atoms with Crippen LogP contribution in [0.4, 0.5) is 5.69 Å². The van der Waals surface area contributed by atoms with Crippen LogP contribution in [0.1, 0.15) is 101 Å². The fourth-order valence-corrected chi connectivity index (χ4v) is 9.98. The number of nitrogens with zero attached hydrogens (tertiary/aromatic N) is 2. The van der Waals surface area contributed by atoms with Gasteiger partial charge < -0.3 is 19.1 Å². The van der Waals surface area contributed by atoms with Crippen LogP contribution in [-0.2, 0) is 26.9 Å². The third-order valence-electron chi connectivity index (χ3n) is 12.1. The van der Waals surface area contributed by atoms with E-state index >= 15 is 0 Å². The summed E-state index contributed by atoms with van der Waals surface area (Å²) in [6.07, 6.45) is 7.06. The summed E-state index contributed by atoms with van der Waals surface area (Å²) >= 11 is 6.48. The van der Waals surface area contributed by atoms with Crippen LogP contribution in [0, 0.1) is 23.7 Å². The van der Waals surface area contributed by atoms with Crippen LogP contribution in [0.15, 0.2) is 36.4 Å². The van der Waals surface area contributed by atoms with Crippen molar-refractivity contribution >= 4 is 34.2 Å². The lowest BCUT2D eigenvalue weighted by Gasteiger charge is -2.48. The lowest BCUT2D eigenvalue weighted by Crippen LogP contribution is -2.52. The Hall–Kier alpha value is -2.17. The maximum atomic E-state index is 13.5. The summed E-state index contributed by atoms with van der Waals surface area (Å²) in [6.45, 7) is 16.3. The third kappa shape index (κ3) is 8.38. The molecule has 1 aliphatic carbocycles. The molecule has 2 aromatic carbocycles. The summed E-state index contributed by atoms with van der Waals surface area (Å²) in [5, 5.41) is 0.590. The fraction of sp³-hybridized carbons (Fsp3) is 0.675. The molecule has 6 rings (SSSR count). The van der Waals surface area contributed by atoms with Crippen molar-refractivity contribution in [1.29, 1.82) is 0 Å². The van der Waals surface area contributed by atoms with Crippen molar-refractivity contribution in [3.05, 3.63) is 58.1 Å². The molecule has 1 amide bonds. The lowest BCUT2D eigenvalue weighted by atomic mass is 9.65. The number of nitrogens with one attached hydrogen (secondary N) is 1. The van der Waals surface area contributed by atoms with Gasteiger partial charge in [-0.3, -0.25) is 14.4 Å². The van der Waals surface area contributed by atoms with Gasteiger partial charge in [0.2, 0.25) is 0 Å². The van der Waals surface area contributed by atoms with Gasteiger partial charge in [0.15, 0.2) is 6.29 Å². The Morgan fingerprint density at radius 3 is 2.42 bits per heavy atom. The number of rotatable bonds is 7. The highest BCUT2D eigenvalue weighted by Crippen LogP contribution is 2.47. The first-order valence-corrected chi connectivity index (χ1v) is 20.8. The third-order valence-corrected chi connectivity index (χ3v) is 13.9. The maximum absolute atomic E-state index is 13.5. The van der Waals surface area contributed by atoms with Gasteiger partial charge in [0, 0.05) is 35.5 Å². The Labute approximate surface area is 307 Å². The summed E-state index contributed by atoms with van der Waals surface area (Å²) in [4.78, 5) is 18.4. The average molecular weight is 728 g/mol. The zero-order valence-electron chi connectivity index (χ0n) is 30.7. The van der Waals surface area contributed by atoms with E-state index in [2.05, 4.69) is 54.3 Å². The van der Waals surface area contributed by atoms with E-state index in [1.807, 2.05) is 25.1 Å². The molecule has 1 saturated heterocycles. The van der Waals surface area contributed by atoms with Gasteiger partial charge >= 0.3 is 0 Å². The second-order valence-electron chi connectivity index (χ2n) is 15.1. The molecule has 276 valence electrons. The van der Waals surface area contributed by atoms with Crippen molar-refractivity contribution in [2.75, 3.05) is 50.9 Å². The molecule has 3 aliphatic heterocycles. The SMILES string of the molecule is CCCc1cc(Cl)ccc1C1COc2ccc3cc2N(C1)CC1CCC1C(C1OCC(N(CC)CC)CO1)CCCC(C)C(C)S(=O)NC3=O. The first-order chi connectivity index (χ1) is 24.2. The molecular weight excluding hydrogens is 670 g/mol. The molecular formula is C40H58ClN3O5S. The number of hydrogen-bond acceptors (Lipinski definition) is 7. The average Bonchev–Trinajstić information content (AvgIpc) is 3.29. The molecule has 7 unspecified atom stereocenters. The standard InChI is InChI=1S/C40H58ClN3O5S/c1-6-10-28-19-32(41)15-17-34(28)31-22-44-21-30-13-16-35(30)36(40-48-24-33(25-49-40)43(7-2)8-3)12-9-11-26(4)27(5)50(46)42-39(45)29-14-18-38(47-23-31)37(44)20-29/h14-15,17-20,26-27,30-31,33,35-36,40H,6-13,16,21-25H2,1-5H3,(H,42,45). The van der Waals surface area contributed by atoms with Gasteiger partial charge in [0.1, 0.15) is 16.7 Å². The molecule has 4 aliphatic rings. The van der Waals surface area contributed by atoms with E-state index < -0.39 is 11.0 Å². The summed E-state index contributed by atoms with van der Waals surface area (Å²) < 4.78 is 36.0. The van der Waals surface area contributed by atoms with Crippen molar-refractivity contribution in [3.8, 4) is 5.75 Å². The summed E-state index contributed by atoms with van der Waals surface area (Å²) in [5.41, 5.74) is 3.99. The lowest BCUT2D eigenvalue weighted by molar-refractivity contribution is -0.243. The molecule has 8 nitrogen and oxygen atoms in total. The van der Waals surface area contributed by atoms with Crippen LogP contribution in [0.5, 0.6) is 5.75 Å². The number of aryl methyl sites for hydroxylation is 1. The zero-order chi connectivity index (χ0) is 35.4. The number of amides is 1. The minimum Gasteiger partial charge on any atom is -0.491 e. The van der Waals surface area contributed by atoms with Crippen LogP contribution in [0.25, 0.3) is 0 Å². The van der Waals surface area contributed by atoms with Crippen molar-refractivity contribution in [3.63, 3.8) is 0 Å². The van der Waals surface area contributed by atoms with E-state index in [4.69, 9.17) is 25.8 Å². The summed E-state index contributed by atoms with van der Waals surface area (Å²) in [5.74, 6) is 2.04. The number of benzene rings is 2. The monoisotopic (exact) mass is 727 g/mol. The number of carbonyl (C=O) groups excluding carboxylic acids is 1. The molecule has 0 aromatic heterocycles. The van der Waals surface area contributed by atoms with Crippen molar-refractivity contribution in [2.45, 2.75) is 103 Å². The second kappa shape index (κ2) is 17.1. The molecule has 2 fully saturated rings. The van der Waals surface area contributed by atoms with Gasteiger partial charge in [-0.15, -0.1) is 0 Å². The topological polar surface area (TPSA) is 80.3 Å². The van der Waals surface area contributed by atoms with E-state index in [1.54, 1.807) is 6.07 Å². The van der Waals surface area contributed by atoms with E-state index in [0.717, 1.165) is 87.6 Å². The van der Waals surface area contributed by atoms with Gasteiger partial charge in [-0.1, -0.05) is 58.2 Å². The molecule has 0 spiro atoms. The smallest absolute Gasteiger partial charge is 0.263 e. The van der Waals surface area contributed by atoms with Gasteiger partial charge in [-0.25, -0.2) is 4.21 Å². The Bertz CT molecular complexity index is 1480. The van der Waals surface area contributed by atoms with Crippen LogP contribution in [0.3, 0.4) is 0 Å². The summed E-state index contributed by atoms with van der Waals surface area (Å²) in [6, 6.07) is 12.2. The van der Waals surface area contributed by atoms with Crippen molar-refractivity contribution in [2.24, 2.45) is 23.7 Å². The molecule has 3 heterocycles. The number of ether oxygens (including phenoxy) is 3. The molecule has 50 heavy (non-hydrogen) atoms. The van der Waals surface area contributed by atoms with Crippen LogP contribution in [0.2, 0.25) is 5.02 Å². The van der Waals surface area contributed by atoms with Gasteiger partial charge in [-0.2, -0.15) is 0 Å². The van der Waals surface area contributed by atoms with Crippen LogP contribution in [-0.4, -0.2) is 78.6 Å². The quantitative estimate of drug-likeness (QED) is 0.315. The summed E-state index contributed by atoms with van der Waals surface area (Å²) in [7, 11) is -1.50. The van der Waals surface area contributed by atoms with Crippen molar-refractivity contribution < 1.29 is 23.2 Å². The Morgan fingerprint density at radius 2 is 1.72 bits per heavy atom. The van der Waals surface area contributed by atoms with Crippen LogP contribution < -0.4 is 14.4 Å². The van der Waals surface area contributed by atoms with E-state index in [1.165, 1.54) is 11.1 Å². The van der Waals surface area contributed by atoms with E-state index in [-0.39, 0.29) is 29.3 Å². The molecule has 1 saturated carbocycles. The minimum atomic E-state index is -1.50. The normalized spacial score (nSPS) is 32.3. The Balaban J connectivity index is 1.33. The molecule has 1 N–H and O–H groups in total. The minimum absolute atomic E-state index is 0.135. The second-order valence-corrected chi connectivity index (χ2v) is 17.1. The van der Waals surface area contributed by atoms with Crippen LogP contribution >= 0.6 is 11.6 Å². The number of hydrogen-bond donors (Lipinski definition) is 1. The number of carbonyl (C=O) groups is 1. The van der Waals surface area contributed by atoms with Gasteiger partial charge in [-0.05, 0) is 111 Å². The Kier molecular flexibility index (Phi) is 12.9. The number of fused-ring (bicyclic) bond motifs is 2. The highest BCUT2D eigenvalue weighted by atomic mass is 35.5. The maximum Gasteiger partial charge on any atom is 0.263 e. The van der Waals surface area contributed by atoms with E-state index in [0.29, 0.717) is 49.2 Å². The Morgan fingerprint density at radius 1 is 0.940 bits per heavy atom. The van der Waals surface area contributed by atoms with E-state index in [9.17, 15) is 9.00 Å². The number of anilines is 1. The molecule has 2 aromatic rings. The molecule has 0 radical (unpaired) electrons. The first kappa shape index (κ1) is 37.6. The molecule has 10 heteroatoms. The fourth-order valence-electron chi connectivity index (χ4n) is 8.75. The largest absolute Gasteiger partial charge is 0.491 e. The zero-order valence-corrected chi connectivity index (χ0v) is 32.3. The first-order valence-electron chi connectivity index (χ1n) is 19.2. The van der Waals surface area contributed by atoms with Crippen molar-refractivity contribution in [1.82, 2.24) is 9.62 Å². The molecule has 2 bridgehead atoms.